The largest absolute Gasteiger partial charge is 0.366 e. The number of carbonyl (C=O) groups excluding carboxylic acids is 1. The normalized spacial score (nSPS) is 10.1. The fraction of sp³-hybridized carbons (Fsp3) is 0.417. The lowest BCUT2D eigenvalue weighted by Gasteiger charge is -2.01. The minimum absolute atomic E-state index is 0.356. The van der Waals surface area contributed by atoms with Gasteiger partial charge in [0.15, 0.2) is 0 Å². The predicted octanol–water partition coefficient (Wildman–Crippen LogP) is 2.52. The molecule has 0 spiro atoms. The lowest BCUT2D eigenvalue weighted by atomic mass is 10.1. The number of aryl methyl sites for hydroxylation is 1. The molecule has 0 atom stereocenters. The van der Waals surface area contributed by atoms with E-state index in [1.54, 1.807) is 12.1 Å². The van der Waals surface area contributed by atoms with Gasteiger partial charge in [-0.1, -0.05) is 31.9 Å². The minimum Gasteiger partial charge on any atom is -0.366 e. The number of rotatable bonds is 5. The Morgan fingerprint density at radius 1 is 1.21 bits per heavy atom. The van der Waals surface area contributed by atoms with E-state index in [1.165, 1.54) is 24.8 Å². The molecule has 0 aliphatic rings. The molecule has 2 heteroatoms. The van der Waals surface area contributed by atoms with Crippen molar-refractivity contribution in [3.05, 3.63) is 35.4 Å². The average Bonchev–Trinajstić information content (AvgIpc) is 2.19. The number of nitrogens with two attached hydrogens (primary N) is 1. The molecule has 1 aromatic rings. The van der Waals surface area contributed by atoms with Gasteiger partial charge in [0.25, 0.3) is 0 Å². The van der Waals surface area contributed by atoms with Crippen LogP contribution in [0.15, 0.2) is 24.3 Å². The second-order valence-corrected chi connectivity index (χ2v) is 3.52. The van der Waals surface area contributed by atoms with Gasteiger partial charge in [0.1, 0.15) is 0 Å². The zero-order valence-electron chi connectivity index (χ0n) is 8.62. The fourth-order valence-corrected chi connectivity index (χ4v) is 1.41. The van der Waals surface area contributed by atoms with Crippen LogP contribution < -0.4 is 5.73 Å². The first-order valence-electron chi connectivity index (χ1n) is 5.12. The Kier molecular flexibility index (Phi) is 4.17. The van der Waals surface area contributed by atoms with Gasteiger partial charge in [-0.15, -0.1) is 0 Å². The molecule has 0 bridgehead atoms. The van der Waals surface area contributed by atoms with Gasteiger partial charge in [-0.2, -0.15) is 0 Å². The Labute approximate surface area is 85.1 Å². The molecule has 0 aliphatic heterocycles. The second kappa shape index (κ2) is 5.43. The third-order valence-corrected chi connectivity index (χ3v) is 2.31. The van der Waals surface area contributed by atoms with Gasteiger partial charge in [0, 0.05) is 5.56 Å². The first-order chi connectivity index (χ1) is 6.74. The Hall–Kier alpha value is -1.31. The fourth-order valence-electron chi connectivity index (χ4n) is 1.41. The maximum atomic E-state index is 10.8. The predicted molar refractivity (Wildman–Crippen MR) is 58.2 cm³/mol. The molecule has 0 fully saturated rings. The summed E-state index contributed by atoms with van der Waals surface area (Å²) < 4.78 is 0. The van der Waals surface area contributed by atoms with Crippen LogP contribution in [0.4, 0.5) is 0 Å². The van der Waals surface area contributed by atoms with Gasteiger partial charge in [-0.3, -0.25) is 4.79 Å². The molecule has 1 aromatic carbocycles. The number of unbranched alkanes of at least 4 members (excludes halogenated alkanes) is 2. The van der Waals surface area contributed by atoms with Crippen molar-refractivity contribution in [3.63, 3.8) is 0 Å². The van der Waals surface area contributed by atoms with Crippen LogP contribution in [0.1, 0.15) is 42.1 Å². The lowest BCUT2D eigenvalue weighted by molar-refractivity contribution is 0.100. The second-order valence-electron chi connectivity index (χ2n) is 3.52. The van der Waals surface area contributed by atoms with E-state index in [0.29, 0.717) is 5.56 Å². The number of carbonyl (C=O) groups is 1. The highest BCUT2D eigenvalue weighted by atomic mass is 16.1. The molecule has 2 N–H and O–H groups in total. The van der Waals surface area contributed by atoms with Crippen LogP contribution in [0, 0.1) is 0 Å². The Morgan fingerprint density at radius 3 is 2.36 bits per heavy atom. The van der Waals surface area contributed by atoms with E-state index in [1.807, 2.05) is 12.1 Å². The van der Waals surface area contributed by atoms with Crippen molar-refractivity contribution < 1.29 is 4.79 Å². The summed E-state index contributed by atoms with van der Waals surface area (Å²) in [5, 5.41) is 0. The van der Waals surface area contributed by atoms with Gasteiger partial charge in [-0.05, 0) is 30.5 Å². The van der Waals surface area contributed by atoms with E-state index in [9.17, 15) is 4.79 Å². The van der Waals surface area contributed by atoms with E-state index in [0.717, 1.165) is 6.42 Å². The summed E-state index contributed by atoms with van der Waals surface area (Å²) in [7, 11) is 0. The molecular weight excluding hydrogens is 174 g/mol. The zero-order chi connectivity index (χ0) is 10.4. The average molecular weight is 191 g/mol. The standard InChI is InChI=1S/C12H17NO/c1-2-3-4-5-10-6-8-11(9-7-10)12(13)14/h6-9H,2-5H2,1H3,(H2,13,14). The Bertz CT molecular complexity index is 290. The number of primary amides is 1. The van der Waals surface area contributed by atoms with E-state index in [4.69, 9.17) is 5.73 Å². The van der Waals surface area contributed by atoms with Crippen LogP contribution in [0.25, 0.3) is 0 Å². The molecular formula is C12H17NO. The van der Waals surface area contributed by atoms with Crippen molar-refractivity contribution >= 4 is 5.91 Å². The van der Waals surface area contributed by atoms with E-state index in [2.05, 4.69) is 6.92 Å². The maximum Gasteiger partial charge on any atom is 0.248 e. The molecule has 0 aromatic heterocycles. The zero-order valence-corrected chi connectivity index (χ0v) is 8.62. The van der Waals surface area contributed by atoms with Gasteiger partial charge in [0.05, 0.1) is 0 Å². The number of amides is 1. The Balaban J connectivity index is 2.51. The van der Waals surface area contributed by atoms with Crippen LogP contribution in [0.5, 0.6) is 0 Å². The maximum absolute atomic E-state index is 10.8. The topological polar surface area (TPSA) is 43.1 Å². The smallest absolute Gasteiger partial charge is 0.248 e. The summed E-state index contributed by atoms with van der Waals surface area (Å²) in [6.45, 7) is 2.19. The molecule has 1 rings (SSSR count). The summed E-state index contributed by atoms with van der Waals surface area (Å²) in [4.78, 5) is 10.8. The van der Waals surface area contributed by atoms with Gasteiger partial charge >= 0.3 is 0 Å². The van der Waals surface area contributed by atoms with Crippen molar-refractivity contribution in [1.82, 2.24) is 0 Å². The molecule has 0 saturated carbocycles. The first-order valence-corrected chi connectivity index (χ1v) is 5.12. The third kappa shape index (κ3) is 3.21. The number of hydrogen-bond donors (Lipinski definition) is 1. The number of hydrogen-bond acceptors (Lipinski definition) is 1. The van der Waals surface area contributed by atoms with Crippen molar-refractivity contribution in [1.29, 1.82) is 0 Å². The van der Waals surface area contributed by atoms with Crippen LogP contribution in [-0.4, -0.2) is 5.91 Å². The minimum atomic E-state index is -0.356. The molecule has 14 heavy (non-hydrogen) atoms. The summed E-state index contributed by atoms with van der Waals surface area (Å²) in [6, 6.07) is 7.55. The monoisotopic (exact) mass is 191 g/mol. The van der Waals surface area contributed by atoms with Crippen LogP contribution >= 0.6 is 0 Å². The lowest BCUT2D eigenvalue weighted by Crippen LogP contribution is -2.10. The molecule has 76 valence electrons. The third-order valence-electron chi connectivity index (χ3n) is 2.31. The van der Waals surface area contributed by atoms with Crippen molar-refractivity contribution in [2.24, 2.45) is 5.73 Å². The van der Waals surface area contributed by atoms with E-state index in [-0.39, 0.29) is 5.91 Å². The molecule has 1 amide bonds. The first kappa shape index (κ1) is 10.8. The van der Waals surface area contributed by atoms with Gasteiger partial charge < -0.3 is 5.73 Å². The molecule has 0 radical (unpaired) electrons. The van der Waals surface area contributed by atoms with E-state index >= 15 is 0 Å². The molecule has 0 saturated heterocycles. The highest BCUT2D eigenvalue weighted by Crippen LogP contribution is 2.08. The SMILES string of the molecule is CCCCCc1ccc(C(N)=O)cc1. The van der Waals surface area contributed by atoms with Gasteiger partial charge in [-0.25, -0.2) is 0 Å². The molecule has 0 aliphatic carbocycles. The molecule has 2 nitrogen and oxygen atoms in total. The molecule has 0 unspecified atom stereocenters. The number of benzene rings is 1. The highest BCUT2D eigenvalue weighted by Gasteiger charge is 1.99. The van der Waals surface area contributed by atoms with Crippen molar-refractivity contribution in [2.45, 2.75) is 32.6 Å². The van der Waals surface area contributed by atoms with Crippen LogP contribution in [0.2, 0.25) is 0 Å². The van der Waals surface area contributed by atoms with Gasteiger partial charge in [0.2, 0.25) is 5.91 Å². The van der Waals surface area contributed by atoms with Crippen LogP contribution in [-0.2, 0) is 6.42 Å². The summed E-state index contributed by atoms with van der Waals surface area (Å²) >= 11 is 0. The van der Waals surface area contributed by atoms with E-state index < -0.39 is 0 Å². The van der Waals surface area contributed by atoms with Crippen molar-refractivity contribution in [3.8, 4) is 0 Å². The quantitative estimate of drug-likeness (QED) is 0.714. The summed E-state index contributed by atoms with van der Waals surface area (Å²) in [5.41, 5.74) is 7.01. The Morgan fingerprint density at radius 2 is 1.86 bits per heavy atom. The van der Waals surface area contributed by atoms with Crippen LogP contribution in [0.3, 0.4) is 0 Å². The summed E-state index contributed by atoms with van der Waals surface area (Å²) in [6.07, 6.45) is 4.80. The highest BCUT2D eigenvalue weighted by molar-refractivity contribution is 5.92. The molecule has 0 heterocycles. The summed E-state index contributed by atoms with van der Waals surface area (Å²) in [5.74, 6) is -0.356. The van der Waals surface area contributed by atoms with Crippen molar-refractivity contribution in [2.75, 3.05) is 0 Å².